The summed E-state index contributed by atoms with van der Waals surface area (Å²) in [5, 5.41) is 13.3. The van der Waals surface area contributed by atoms with Crippen molar-refractivity contribution in [3.63, 3.8) is 0 Å². The smallest absolute Gasteiger partial charge is 0.416 e. The number of piperazine rings is 1. The molecule has 1 aliphatic rings. The Hall–Kier alpha value is -0.950. The normalized spacial score (nSPS) is 16.6. The van der Waals surface area contributed by atoms with E-state index in [-0.39, 0.29) is 36.6 Å². The van der Waals surface area contributed by atoms with E-state index in [2.05, 4.69) is 16.8 Å². The van der Waals surface area contributed by atoms with E-state index in [0.717, 1.165) is 44.4 Å². The van der Waals surface area contributed by atoms with Gasteiger partial charge in [-0.05, 0) is 31.0 Å². The predicted molar refractivity (Wildman–Crippen MR) is 94.2 cm³/mol. The first-order valence-corrected chi connectivity index (χ1v) is 7.39. The molecule has 1 heterocycles. The quantitative estimate of drug-likeness (QED) is 0.745. The first-order chi connectivity index (χ1) is 10.4. The summed E-state index contributed by atoms with van der Waals surface area (Å²) >= 11 is 0. The van der Waals surface area contributed by atoms with Crippen molar-refractivity contribution in [2.45, 2.75) is 25.1 Å². The largest absolute Gasteiger partial charge is 0.508 e. The minimum absolute atomic E-state index is 0. The second-order valence-electron chi connectivity index (χ2n) is 5.44. The van der Waals surface area contributed by atoms with Gasteiger partial charge < -0.3 is 10.4 Å². The van der Waals surface area contributed by atoms with Crippen LogP contribution in [0, 0.1) is 0 Å². The van der Waals surface area contributed by atoms with E-state index in [9.17, 15) is 18.3 Å². The molecule has 1 aliphatic heterocycles. The van der Waals surface area contributed by atoms with Gasteiger partial charge in [-0.1, -0.05) is 6.08 Å². The fourth-order valence-corrected chi connectivity index (χ4v) is 2.80. The summed E-state index contributed by atoms with van der Waals surface area (Å²) < 4.78 is 38.8. The summed E-state index contributed by atoms with van der Waals surface area (Å²) in [7, 11) is 0. The van der Waals surface area contributed by atoms with Gasteiger partial charge in [-0.25, -0.2) is 0 Å². The molecule has 0 spiro atoms. The van der Waals surface area contributed by atoms with Crippen LogP contribution in [0.4, 0.5) is 13.2 Å². The summed E-state index contributed by atoms with van der Waals surface area (Å²) in [6, 6.07) is 2.90. The van der Waals surface area contributed by atoms with E-state index in [1.165, 1.54) is 0 Å². The zero-order chi connectivity index (χ0) is 16.2. The second kappa shape index (κ2) is 10.1. The molecule has 0 bridgehead atoms. The zero-order valence-electron chi connectivity index (χ0n) is 13.2. The molecule has 0 radical (unpaired) electrons. The third-order valence-corrected chi connectivity index (χ3v) is 3.95. The number of allylic oxidation sites excluding steroid dienone is 1. The Bertz CT molecular complexity index is 521. The molecule has 1 aromatic rings. The molecule has 0 aromatic heterocycles. The zero-order valence-corrected chi connectivity index (χ0v) is 14.8. The van der Waals surface area contributed by atoms with Crippen LogP contribution in [0.3, 0.4) is 0 Å². The van der Waals surface area contributed by atoms with Crippen LogP contribution in [0.25, 0.3) is 0 Å². The molecular weight excluding hydrogens is 364 g/mol. The molecule has 0 aliphatic carbocycles. The van der Waals surface area contributed by atoms with Crippen molar-refractivity contribution in [3.05, 3.63) is 42.0 Å². The van der Waals surface area contributed by atoms with E-state index >= 15 is 0 Å². The van der Waals surface area contributed by atoms with Crippen LogP contribution in [0.5, 0.6) is 5.75 Å². The van der Waals surface area contributed by atoms with Crippen LogP contribution in [-0.4, -0.2) is 36.2 Å². The summed E-state index contributed by atoms with van der Waals surface area (Å²) in [6.07, 6.45) is -1.34. The van der Waals surface area contributed by atoms with Gasteiger partial charge in [0.2, 0.25) is 0 Å². The molecule has 1 fully saturated rings. The molecule has 0 saturated carbocycles. The predicted octanol–water partition coefficient (Wildman–Crippen LogP) is 4.17. The Morgan fingerprint density at radius 3 is 2.42 bits per heavy atom. The van der Waals surface area contributed by atoms with Gasteiger partial charge in [-0.3, -0.25) is 4.90 Å². The average molecular weight is 387 g/mol. The number of hydrogen-bond donors (Lipinski definition) is 2. The molecule has 8 heteroatoms. The molecule has 138 valence electrons. The molecule has 0 unspecified atom stereocenters. The van der Waals surface area contributed by atoms with Crippen molar-refractivity contribution in [2.24, 2.45) is 0 Å². The number of phenols is 1. The maximum absolute atomic E-state index is 12.9. The van der Waals surface area contributed by atoms with E-state index in [1.54, 1.807) is 6.08 Å². The highest BCUT2D eigenvalue weighted by atomic mass is 35.5. The van der Waals surface area contributed by atoms with Crippen molar-refractivity contribution in [2.75, 3.05) is 26.2 Å². The molecule has 1 atom stereocenters. The molecule has 3 nitrogen and oxygen atoms in total. The molecule has 0 amide bonds. The van der Waals surface area contributed by atoms with Gasteiger partial charge in [0.25, 0.3) is 0 Å². The standard InChI is InChI=1S/C16H21F3N2O.2ClH/c1-2-3-4-14(21-9-7-20-8-10-21)13-11-12(16(17,18)19)5-6-15(13)22;;/h2,5-6,11,14,20,22H,1,3-4,7-10H2;2*1H/t14-;;/m1../s1. The van der Waals surface area contributed by atoms with E-state index in [1.807, 2.05) is 0 Å². The van der Waals surface area contributed by atoms with Crippen molar-refractivity contribution in [3.8, 4) is 5.75 Å². The Morgan fingerprint density at radius 2 is 1.88 bits per heavy atom. The fraction of sp³-hybridized carbons (Fsp3) is 0.500. The van der Waals surface area contributed by atoms with Crippen LogP contribution in [0.2, 0.25) is 0 Å². The van der Waals surface area contributed by atoms with Gasteiger partial charge in [0, 0.05) is 37.8 Å². The van der Waals surface area contributed by atoms with Gasteiger partial charge in [0.15, 0.2) is 0 Å². The molecule has 2 rings (SSSR count). The lowest BCUT2D eigenvalue weighted by Gasteiger charge is -2.35. The van der Waals surface area contributed by atoms with E-state index in [4.69, 9.17) is 0 Å². The van der Waals surface area contributed by atoms with Crippen molar-refractivity contribution in [1.82, 2.24) is 10.2 Å². The van der Waals surface area contributed by atoms with Crippen LogP contribution in [-0.2, 0) is 6.18 Å². The summed E-state index contributed by atoms with van der Waals surface area (Å²) in [5.74, 6) is -0.0828. The summed E-state index contributed by atoms with van der Waals surface area (Å²) in [4.78, 5) is 2.12. The lowest BCUT2D eigenvalue weighted by molar-refractivity contribution is -0.137. The highest BCUT2D eigenvalue weighted by molar-refractivity contribution is 5.85. The Morgan fingerprint density at radius 1 is 1.25 bits per heavy atom. The van der Waals surface area contributed by atoms with Gasteiger partial charge in [-0.15, -0.1) is 31.4 Å². The van der Waals surface area contributed by atoms with Gasteiger partial charge >= 0.3 is 6.18 Å². The van der Waals surface area contributed by atoms with Gasteiger partial charge in [0.05, 0.1) is 5.56 Å². The minimum Gasteiger partial charge on any atom is -0.508 e. The lowest BCUT2D eigenvalue weighted by Crippen LogP contribution is -2.45. The number of rotatable bonds is 5. The number of halogens is 5. The minimum atomic E-state index is -4.41. The van der Waals surface area contributed by atoms with Crippen molar-refractivity contribution >= 4 is 24.8 Å². The maximum Gasteiger partial charge on any atom is 0.416 e. The van der Waals surface area contributed by atoms with Crippen LogP contribution < -0.4 is 5.32 Å². The second-order valence-corrected chi connectivity index (χ2v) is 5.44. The molecule has 24 heavy (non-hydrogen) atoms. The Kier molecular flexibility index (Phi) is 9.73. The first-order valence-electron chi connectivity index (χ1n) is 7.39. The van der Waals surface area contributed by atoms with Gasteiger partial charge in [0.1, 0.15) is 5.75 Å². The van der Waals surface area contributed by atoms with Crippen molar-refractivity contribution in [1.29, 1.82) is 0 Å². The third kappa shape index (κ3) is 5.84. The monoisotopic (exact) mass is 386 g/mol. The maximum atomic E-state index is 12.9. The summed E-state index contributed by atoms with van der Waals surface area (Å²) in [6.45, 7) is 6.76. The molecular formula is C16H23Cl2F3N2O. The number of alkyl halides is 3. The van der Waals surface area contributed by atoms with Crippen LogP contribution in [0.1, 0.15) is 30.0 Å². The number of hydrogen-bond acceptors (Lipinski definition) is 3. The first kappa shape index (κ1) is 23.1. The topological polar surface area (TPSA) is 35.5 Å². The van der Waals surface area contributed by atoms with Crippen LogP contribution >= 0.6 is 24.8 Å². The van der Waals surface area contributed by atoms with Gasteiger partial charge in [-0.2, -0.15) is 13.2 Å². The SMILES string of the molecule is C=CCC[C@H](c1cc(C(F)(F)F)ccc1O)N1CCNCC1.Cl.Cl. The van der Waals surface area contributed by atoms with Crippen LogP contribution in [0.15, 0.2) is 30.9 Å². The highest BCUT2D eigenvalue weighted by Gasteiger charge is 2.33. The summed E-state index contributed by atoms with van der Waals surface area (Å²) in [5.41, 5.74) is -0.377. The highest BCUT2D eigenvalue weighted by Crippen LogP contribution is 2.37. The average Bonchev–Trinajstić information content (AvgIpc) is 2.49. The Balaban J connectivity index is 0.00000264. The van der Waals surface area contributed by atoms with E-state index < -0.39 is 11.7 Å². The molecule has 1 saturated heterocycles. The Labute approximate surface area is 152 Å². The van der Waals surface area contributed by atoms with Crippen molar-refractivity contribution < 1.29 is 18.3 Å². The number of benzene rings is 1. The molecule has 2 N–H and O–H groups in total. The third-order valence-electron chi connectivity index (χ3n) is 3.95. The number of phenolic OH excluding ortho intramolecular Hbond substituents is 1. The number of nitrogens with zero attached hydrogens (tertiary/aromatic N) is 1. The fourth-order valence-electron chi connectivity index (χ4n) is 2.80. The number of nitrogens with one attached hydrogen (secondary N) is 1. The lowest BCUT2D eigenvalue weighted by atomic mass is 9.96. The molecule has 1 aromatic carbocycles. The number of aromatic hydroxyl groups is 1. The van der Waals surface area contributed by atoms with E-state index in [0.29, 0.717) is 18.4 Å².